The first-order valence-corrected chi connectivity index (χ1v) is 9.40. The maximum atomic E-state index is 12.9. The molecule has 140 valence electrons. The zero-order valence-electron chi connectivity index (χ0n) is 14.4. The Balaban J connectivity index is 1.77. The molecule has 2 unspecified atom stereocenters. The normalized spacial score (nSPS) is 24.2. The first kappa shape index (κ1) is 19.1. The lowest BCUT2D eigenvalue weighted by atomic mass is 9.96. The molecule has 2 atom stereocenters. The number of halogens is 2. The zero-order chi connectivity index (χ0) is 18.8. The first-order chi connectivity index (χ1) is 12.4. The number of benzene rings is 1. The minimum absolute atomic E-state index is 0.0819. The molecule has 26 heavy (non-hydrogen) atoms. The van der Waals surface area contributed by atoms with E-state index in [1.165, 1.54) is 0 Å². The summed E-state index contributed by atoms with van der Waals surface area (Å²) in [7, 11) is 0. The molecule has 0 aliphatic carbocycles. The molecule has 2 aliphatic rings. The Hall–Kier alpha value is -1.63. The van der Waals surface area contributed by atoms with Crippen molar-refractivity contribution in [1.82, 2.24) is 4.90 Å². The number of anilines is 1. The van der Waals surface area contributed by atoms with E-state index in [1.807, 2.05) is 4.90 Å². The summed E-state index contributed by atoms with van der Waals surface area (Å²) < 4.78 is 5.10. The fraction of sp³-hybridized carbons (Fsp3) is 0.500. The second-order valence-corrected chi connectivity index (χ2v) is 7.37. The maximum Gasteiger partial charge on any atom is 0.310 e. The number of carbonyl (C=O) groups is 3. The number of rotatable bonds is 4. The minimum atomic E-state index is -0.572. The summed E-state index contributed by atoms with van der Waals surface area (Å²) in [4.78, 5) is 40.5. The van der Waals surface area contributed by atoms with Gasteiger partial charge in [-0.2, -0.15) is 0 Å². The van der Waals surface area contributed by atoms with Gasteiger partial charge in [0.1, 0.15) is 0 Å². The van der Waals surface area contributed by atoms with Crippen molar-refractivity contribution in [3.8, 4) is 0 Å². The molecule has 3 rings (SSSR count). The Morgan fingerprint density at radius 2 is 1.92 bits per heavy atom. The standard InChI is InChI=1S/C18H20Cl2N2O4/c1-2-26-18(25)11-4-3-5-21(10-11)15-9-16(23)22(17(15)24)14-7-12(19)6-13(20)8-14/h6-8,11,15H,2-5,9-10H2,1H3. The van der Waals surface area contributed by atoms with E-state index in [4.69, 9.17) is 27.9 Å². The molecule has 0 saturated carbocycles. The highest BCUT2D eigenvalue weighted by atomic mass is 35.5. The molecule has 2 aliphatic heterocycles. The number of nitrogens with zero attached hydrogens (tertiary/aromatic N) is 2. The van der Waals surface area contributed by atoms with Crippen molar-refractivity contribution in [2.75, 3.05) is 24.6 Å². The van der Waals surface area contributed by atoms with E-state index in [1.54, 1.807) is 25.1 Å². The third-order valence-electron chi connectivity index (χ3n) is 4.74. The molecular formula is C18H20Cl2N2O4. The molecular weight excluding hydrogens is 379 g/mol. The summed E-state index contributed by atoms with van der Waals surface area (Å²) in [6, 6.07) is 4.06. The van der Waals surface area contributed by atoms with Gasteiger partial charge in [0.2, 0.25) is 5.91 Å². The van der Waals surface area contributed by atoms with Crippen molar-refractivity contribution in [2.45, 2.75) is 32.2 Å². The summed E-state index contributed by atoms with van der Waals surface area (Å²) >= 11 is 12.0. The SMILES string of the molecule is CCOC(=O)C1CCCN(C2CC(=O)N(c3cc(Cl)cc(Cl)c3)C2=O)C1. The quantitative estimate of drug-likeness (QED) is 0.576. The van der Waals surface area contributed by atoms with Gasteiger partial charge in [-0.3, -0.25) is 19.3 Å². The summed E-state index contributed by atoms with van der Waals surface area (Å²) in [5, 5.41) is 0.716. The van der Waals surface area contributed by atoms with Gasteiger partial charge in [-0.1, -0.05) is 23.2 Å². The van der Waals surface area contributed by atoms with E-state index in [-0.39, 0.29) is 30.1 Å². The number of ether oxygens (including phenoxy) is 1. The van der Waals surface area contributed by atoms with Gasteiger partial charge in [-0.05, 0) is 44.5 Å². The fourth-order valence-electron chi connectivity index (χ4n) is 3.58. The summed E-state index contributed by atoms with van der Waals surface area (Å²) in [6.07, 6.45) is 1.60. The number of hydrogen-bond acceptors (Lipinski definition) is 5. The van der Waals surface area contributed by atoms with Crippen LogP contribution in [-0.4, -0.2) is 48.4 Å². The van der Waals surface area contributed by atoms with Crippen molar-refractivity contribution in [3.63, 3.8) is 0 Å². The first-order valence-electron chi connectivity index (χ1n) is 8.64. The minimum Gasteiger partial charge on any atom is -0.466 e. The number of carbonyl (C=O) groups excluding carboxylic acids is 3. The average molecular weight is 399 g/mol. The van der Waals surface area contributed by atoms with Crippen LogP contribution in [0.25, 0.3) is 0 Å². The lowest BCUT2D eigenvalue weighted by Gasteiger charge is -2.34. The smallest absolute Gasteiger partial charge is 0.310 e. The number of piperidine rings is 1. The van der Waals surface area contributed by atoms with Crippen LogP contribution in [0.2, 0.25) is 10.0 Å². The van der Waals surface area contributed by atoms with E-state index in [9.17, 15) is 14.4 Å². The van der Waals surface area contributed by atoms with Gasteiger partial charge in [-0.25, -0.2) is 4.90 Å². The average Bonchev–Trinajstić information content (AvgIpc) is 2.89. The van der Waals surface area contributed by atoms with Crippen molar-refractivity contribution in [3.05, 3.63) is 28.2 Å². The predicted octanol–water partition coefficient (Wildman–Crippen LogP) is 2.90. The topological polar surface area (TPSA) is 66.9 Å². The van der Waals surface area contributed by atoms with Gasteiger partial charge < -0.3 is 4.74 Å². The van der Waals surface area contributed by atoms with Crippen molar-refractivity contribution >= 4 is 46.7 Å². The Bertz CT molecular complexity index is 720. The van der Waals surface area contributed by atoms with E-state index in [0.717, 1.165) is 17.7 Å². The van der Waals surface area contributed by atoms with E-state index in [0.29, 0.717) is 35.4 Å². The highest BCUT2D eigenvalue weighted by molar-refractivity contribution is 6.35. The van der Waals surface area contributed by atoms with Gasteiger partial charge in [-0.15, -0.1) is 0 Å². The molecule has 2 amide bonds. The molecule has 6 nitrogen and oxygen atoms in total. The Morgan fingerprint density at radius 3 is 2.58 bits per heavy atom. The van der Waals surface area contributed by atoms with Crippen LogP contribution in [-0.2, 0) is 19.1 Å². The van der Waals surface area contributed by atoms with Gasteiger partial charge in [0, 0.05) is 16.6 Å². The summed E-state index contributed by atoms with van der Waals surface area (Å²) in [6.45, 7) is 3.20. The molecule has 2 heterocycles. The van der Waals surface area contributed by atoms with Crippen molar-refractivity contribution in [1.29, 1.82) is 0 Å². The van der Waals surface area contributed by atoms with Crippen LogP contribution in [0.4, 0.5) is 5.69 Å². The molecule has 8 heteroatoms. The van der Waals surface area contributed by atoms with Crippen LogP contribution in [0.5, 0.6) is 0 Å². The number of imide groups is 1. The number of esters is 1. The third kappa shape index (κ3) is 3.87. The van der Waals surface area contributed by atoms with E-state index >= 15 is 0 Å². The van der Waals surface area contributed by atoms with Crippen molar-refractivity contribution < 1.29 is 19.1 Å². The molecule has 0 N–H and O–H groups in total. The van der Waals surface area contributed by atoms with Crippen LogP contribution < -0.4 is 4.90 Å². The Morgan fingerprint density at radius 1 is 1.23 bits per heavy atom. The Labute approximate surface area is 162 Å². The van der Waals surface area contributed by atoms with Crippen LogP contribution >= 0.6 is 23.2 Å². The number of likely N-dealkylation sites (tertiary alicyclic amines) is 1. The second-order valence-electron chi connectivity index (χ2n) is 6.50. The van der Waals surface area contributed by atoms with Crippen LogP contribution in [0, 0.1) is 5.92 Å². The molecule has 1 aromatic carbocycles. The molecule has 0 aromatic heterocycles. The lowest BCUT2D eigenvalue weighted by molar-refractivity contribution is -0.150. The lowest BCUT2D eigenvalue weighted by Crippen LogP contribution is -2.48. The number of amides is 2. The van der Waals surface area contributed by atoms with Crippen molar-refractivity contribution in [2.24, 2.45) is 5.92 Å². The van der Waals surface area contributed by atoms with Gasteiger partial charge in [0.15, 0.2) is 0 Å². The van der Waals surface area contributed by atoms with Gasteiger partial charge in [0.25, 0.3) is 5.91 Å². The zero-order valence-corrected chi connectivity index (χ0v) is 15.9. The van der Waals surface area contributed by atoms with E-state index < -0.39 is 6.04 Å². The summed E-state index contributed by atoms with van der Waals surface area (Å²) in [5.41, 5.74) is 0.374. The second kappa shape index (κ2) is 7.94. The monoisotopic (exact) mass is 398 g/mol. The highest BCUT2D eigenvalue weighted by Crippen LogP contribution is 2.32. The number of hydrogen-bond donors (Lipinski definition) is 0. The predicted molar refractivity (Wildman–Crippen MR) is 98.3 cm³/mol. The van der Waals surface area contributed by atoms with E-state index in [2.05, 4.69) is 0 Å². The van der Waals surface area contributed by atoms with Gasteiger partial charge >= 0.3 is 5.97 Å². The summed E-state index contributed by atoms with van der Waals surface area (Å²) in [5.74, 6) is -1.11. The molecule has 0 spiro atoms. The van der Waals surface area contributed by atoms with Crippen LogP contribution in [0.3, 0.4) is 0 Å². The molecule has 0 bridgehead atoms. The molecule has 1 aromatic rings. The van der Waals surface area contributed by atoms with Crippen LogP contribution in [0.15, 0.2) is 18.2 Å². The molecule has 2 fully saturated rings. The Kier molecular flexibility index (Phi) is 5.85. The largest absolute Gasteiger partial charge is 0.466 e. The van der Waals surface area contributed by atoms with Gasteiger partial charge in [0.05, 0.1) is 30.7 Å². The fourth-order valence-corrected chi connectivity index (χ4v) is 4.10. The van der Waals surface area contributed by atoms with Crippen LogP contribution in [0.1, 0.15) is 26.2 Å². The molecule has 2 saturated heterocycles. The maximum absolute atomic E-state index is 12.9. The molecule has 0 radical (unpaired) electrons. The highest BCUT2D eigenvalue weighted by Gasteiger charge is 2.44. The third-order valence-corrected chi connectivity index (χ3v) is 5.18.